The molecule has 80 valence electrons. The summed E-state index contributed by atoms with van der Waals surface area (Å²) in [6.45, 7) is 0. The monoisotopic (exact) mass is 223 g/mol. The molecule has 1 aromatic carbocycles. The van der Waals surface area contributed by atoms with Crippen molar-refractivity contribution in [2.75, 3.05) is 5.73 Å². The lowest BCUT2D eigenvalue weighted by Crippen LogP contribution is -2.00. The highest BCUT2D eigenvalue weighted by Crippen LogP contribution is 2.34. The third kappa shape index (κ3) is 2.72. The van der Waals surface area contributed by atoms with E-state index in [2.05, 4.69) is 0 Å². The highest BCUT2D eigenvalue weighted by Gasteiger charge is 2.22. The van der Waals surface area contributed by atoms with Crippen LogP contribution in [0.15, 0.2) is 18.2 Å². The molecule has 0 atom stereocenters. The fourth-order valence-corrected chi connectivity index (χ4v) is 1.77. The quantitative estimate of drug-likeness (QED) is 0.629. The second-order valence-electron chi connectivity index (χ2n) is 4.14. The van der Waals surface area contributed by atoms with Gasteiger partial charge in [0.15, 0.2) is 5.78 Å². The summed E-state index contributed by atoms with van der Waals surface area (Å²) in [5.41, 5.74) is 6.78. The molecule has 2 rings (SSSR count). The lowest BCUT2D eigenvalue weighted by atomic mass is 10.0. The van der Waals surface area contributed by atoms with Gasteiger partial charge in [-0.2, -0.15) is 0 Å². The Labute approximate surface area is 94.4 Å². The Morgan fingerprint density at radius 1 is 1.47 bits per heavy atom. The molecule has 2 nitrogen and oxygen atoms in total. The first kappa shape index (κ1) is 10.5. The van der Waals surface area contributed by atoms with Gasteiger partial charge in [-0.3, -0.25) is 4.79 Å². The average molecular weight is 224 g/mol. The molecule has 0 saturated heterocycles. The molecule has 15 heavy (non-hydrogen) atoms. The third-order valence-electron chi connectivity index (χ3n) is 2.80. The molecule has 1 aromatic rings. The average Bonchev–Trinajstić information content (AvgIpc) is 3.02. The molecule has 2 N–H and O–H groups in total. The molecule has 0 aromatic heterocycles. The molecule has 1 aliphatic rings. The van der Waals surface area contributed by atoms with Crippen molar-refractivity contribution in [3.63, 3.8) is 0 Å². The van der Waals surface area contributed by atoms with Crippen LogP contribution in [0.4, 0.5) is 5.69 Å². The van der Waals surface area contributed by atoms with Gasteiger partial charge in [0.25, 0.3) is 0 Å². The van der Waals surface area contributed by atoms with Gasteiger partial charge < -0.3 is 5.73 Å². The molecule has 0 bridgehead atoms. The van der Waals surface area contributed by atoms with Crippen molar-refractivity contribution in [2.45, 2.75) is 25.7 Å². The summed E-state index contributed by atoms with van der Waals surface area (Å²) < 4.78 is 0. The number of Topliss-reactive ketones (excluding diaryl/α,β-unsaturated/α-hetero) is 1. The van der Waals surface area contributed by atoms with Gasteiger partial charge in [0, 0.05) is 12.0 Å². The Hall–Kier alpha value is -1.02. The summed E-state index contributed by atoms with van der Waals surface area (Å²) in [5.74, 6) is 0.960. The van der Waals surface area contributed by atoms with Gasteiger partial charge in [-0.05, 0) is 30.5 Å². The highest BCUT2D eigenvalue weighted by atomic mass is 35.5. The van der Waals surface area contributed by atoms with E-state index in [4.69, 9.17) is 17.3 Å². The van der Waals surface area contributed by atoms with Crippen LogP contribution in [-0.2, 0) is 0 Å². The van der Waals surface area contributed by atoms with Crippen molar-refractivity contribution >= 4 is 23.1 Å². The Morgan fingerprint density at radius 2 is 2.20 bits per heavy atom. The Morgan fingerprint density at radius 3 is 2.80 bits per heavy atom. The van der Waals surface area contributed by atoms with Crippen molar-refractivity contribution < 1.29 is 4.79 Å². The zero-order valence-electron chi connectivity index (χ0n) is 8.50. The number of ketones is 1. The summed E-state index contributed by atoms with van der Waals surface area (Å²) in [5, 5.41) is 0.465. The summed E-state index contributed by atoms with van der Waals surface area (Å²) in [4.78, 5) is 11.7. The van der Waals surface area contributed by atoms with Gasteiger partial charge >= 0.3 is 0 Å². The van der Waals surface area contributed by atoms with Crippen molar-refractivity contribution in [1.82, 2.24) is 0 Å². The summed E-state index contributed by atoms with van der Waals surface area (Å²) >= 11 is 5.86. The van der Waals surface area contributed by atoms with Gasteiger partial charge in [-0.25, -0.2) is 0 Å². The molecular formula is C12H14ClNO. The number of carbonyl (C=O) groups excluding carboxylic acids is 1. The molecule has 0 amide bonds. The van der Waals surface area contributed by atoms with E-state index in [-0.39, 0.29) is 5.78 Å². The van der Waals surface area contributed by atoms with Gasteiger partial charge in [0.1, 0.15) is 0 Å². The van der Waals surface area contributed by atoms with Gasteiger partial charge in [0.2, 0.25) is 0 Å². The molecule has 0 aliphatic heterocycles. The molecule has 0 unspecified atom stereocenters. The number of benzene rings is 1. The van der Waals surface area contributed by atoms with E-state index in [1.54, 1.807) is 18.2 Å². The molecular weight excluding hydrogens is 210 g/mol. The van der Waals surface area contributed by atoms with E-state index < -0.39 is 0 Å². The molecule has 1 saturated carbocycles. The first-order valence-electron chi connectivity index (χ1n) is 5.25. The Kier molecular flexibility index (Phi) is 2.96. The van der Waals surface area contributed by atoms with Crippen molar-refractivity contribution in [3.8, 4) is 0 Å². The van der Waals surface area contributed by atoms with Crippen molar-refractivity contribution in [3.05, 3.63) is 28.8 Å². The number of hydrogen-bond donors (Lipinski definition) is 1. The minimum absolute atomic E-state index is 0.170. The first-order chi connectivity index (χ1) is 7.16. The predicted octanol–water partition coefficient (Wildman–Crippen LogP) is 3.30. The zero-order chi connectivity index (χ0) is 10.8. The number of halogens is 1. The maximum absolute atomic E-state index is 11.7. The van der Waals surface area contributed by atoms with Gasteiger partial charge in [0.05, 0.1) is 10.7 Å². The maximum Gasteiger partial charge on any atom is 0.162 e. The fraction of sp³-hybridized carbons (Fsp3) is 0.417. The van der Waals surface area contributed by atoms with Gasteiger partial charge in [-0.1, -0.05) is 24.4 Å². The number of rotatable bonds is 4. The minimum Gasteiger partial charge on any atom is -0.398 e. The van der Waals surface area contributed by atoms with Crippen LogP contribution in [0.25, 0.3) is 0 Å². The Bertz CT molecular complexity index is 385. The number of nitrogens with two attached hydrogens (primary N) is 1. The van der Waals surface area contributed by atoms with Crippen LogP contribution in [0.5, 0.6) is 0 Å². The molecule has 0 heterocycles. The number of hydrogen-bond acceptors (Lipinski definition) is 2. The van der Waals surface area contributed by atoms with E-state index in [0.29, 0.717) is 22.7 Å². The van der Waals surface area contributed by atoms with Crippen LogP contribution in [-0.4, -0.2) is 5.78 Å². The molecule has 1 fully saturated rings. The summed E-state index contributed by atoms with van der Waals surface area (Å²) in [7, 11) is 0. The molecule has 0 radical (unpaired) electrons. The number of anilines is 1. The lowest BCUT2D eigenvalue weighted by Gasteiger charge is -2.02. The lowest BCUT2D eigenvalue weighted by molar-refractivity contribution is 0.0978. The minimum atomic E-state index is 0.170. The van der Waals surface area contributed by atoms with Crippen LogP contribution < -0.4 is 5.73 Å². The number of carbonyl (C=O) groups is 1. The predicted molar refractivity (Wildman–Crippen MR) is 62.2 cm³/mol. The van der Waals surface area contributed by atoms with Crippen LogP contribution in [0.3, 0.4) is 0 Å². The SMILES string of the molecule is Nc1ccc(C(=O)CCC2CC2)cc1Cl. The molecule has 1 aliphatic carbocycles. The second kappa shape index (κ2) is 4.23. The van der Waals surface area contributed by atoms with Crippen LogP contribution in [0, 0.1) is 5.92 Å². The Balaban J connectivity index is 2.00. The van der Waals surface area contributed by atoms with Crippen LogP contribution >= 0.6 is 11.6 Å². The molecule has 0 spiro atoms. The summed E-state index contributed by atoms with van der Waals surface area (Å²) in [6, 6.07) is 5.09. The van der Waals surface area contributed by atoms with E-state index in [1.807, 2.05) is 0 Å². The normalized spacial score (nSPS) is 15.3. The standard InChI is InChI=1S/C12H14ClNO/c13-10-7-9(4-5-11(10)14)12(15)6-3-8-1-2-8/h4-5,7-8H,1-3,6,14H2. The first-order valence-corrected chi connectivity index (χ1v) is 5.63. The number of nitrogen functional groups attached to an aromatic ring is 1. The van der Waals surface area contributed by atoms with E-state index in [9.17, 15) is 4.79 Å². The zero-order valence-corrected chi connectivity index (χ0v) is 9.26. The van der Waals surface area contributed by atoms with E-state index >= 15 is 0 Å². The van der Waals surface area contributed by atoms with Crippen molar-refractivity contribution in [2.24, 2.45) is 5.92 Å². The molecule has 3 heteroatoms. The third-order valence-corrected chi connectivity index (χ3v) is 3.13. The second-order valence-corrected chi connectivity index (χ2v) is 4.55. The fourth-order valence-electron chi connectivity index (χ4n) is 1.59. The topological polar surface area (TPSA) is 43.1 Å². The van der Waals surface area contributed by atoms with Crippen LogP contribution in [0.1, 0.15) is 36.0 Å². The van der Waals surface area contributed by atoms with E-state index in [0.717, 1.165) is 12.3 Å². The largest absolute Gasteiger partial charge is 0.398 e. The van der Waals surface area contributed by atoms with Gasteiger partial charge in [-0.15, -0.1) is 0 Å². The highest BCUT2D eigenvalue weighted by molar-refractivity contribution is 6.33. The summed E-state index contributed by atoms with van der Waals surface area (Å²) in [6.07, 6.45) is 4.22. The van der Waals surface area contributed by atoms with Crippen molar-refractivity contribution in [1.29, 1.82) is 0 Å². The van der Waals surface area contributed by atoms with E-state index in [1.165, 1.54) is 12.8 Å². The smallest absolute Gasteiger partial charge is 0.162 e. The van der Waals surface area contributed by atoms with Crippen LogP contribution in [0.2, 0.25) is 5.02 Å². The maximum atomic E-state index is 11.7.